The van der Waals surface area contributed by atoms with E-state index in [0.29, 0.717) is 34.9 Å². The minimum atomic E-state index is -3.83. The van der Waals surface area contributed by atoms with Crippen molar-refractivity contribution in [1.82, 2.24) is 9.62 Å². The van der Waals surface area contributed by atoms with E-state index in [1.807, 2.05) is 0 Å². The summed E-state index contributed by atoms with van der Waals surface area (Å²) in [4.78, 5) is 22.7. The quantitative estimate of drug-likeness (QED) is 0.339. The van der Waals surface area contributed by atoms with Crippen molar-refractivity contribution in [2.75, 3.05) is 18.4 Å². The molecule has 0 unspecified atom stereocenters. The Morgan fingerprint density at radius 2 is 1.83 bits per heavy atom. The zero-order valence-electron chi connectivity index (χ0n) is 18.5. The summed E-state index contributed by atoms with van der Waals surface area (Å²) in [6.07, 6.45) is 1.07. The number of rotatable bonds is 8. The molecular formula is C23H23ClN4O6S. The van der Waals surface area contributed by atoms with E-state index in [2.05, 4.69) is 10.6 Å². The standard InChI is InChI=1S/C23H23ClN4O6S/c24-17-6-4-16(5-7-17)23(29)25-15-21-8-9-22(34-21)35(32,33)27-12-10-18(11-13-27)26-19-2-1-3-20(14-19)28(30)31/h1-9,14,18,26H,10-13,15H2,(H,25,29). The molecule has 1 aromatic heterocycles. The van der Waals surface area contributed by atoms with E-state index >= 15 is 0 Å². The van der Waals surface area contributed by atoms with Crippen LogP contribution in [0.1, 0.15) is 29.0 Å². The molecule has 2 aromatic carbocycles. The lowest BCUT2D eigenvalue weighted by molar-refractivity contribution is -0.384. The highest BCUT2D eigenvalue weighted by atomic mass is 35.5. The molecule has 184 valence electrons. The van der Waals surface area contributed by atoms with Crippen LogP contribution in [0.2, 0.25) is 5.02 Å². The van der Waals surface area contributed by atoms with Gasteiger partial charge in [0.25, 0.3) is 21.6 Å². The van der Waals surface area contributed by atoms with Crippen molar-refractivity contribution in [2.24, 2.45) is 0 Å². The lowest BCUT2D eigenvalue weighted by Crippen LogP contribution is -2.42. The van der Waals surface area contributed by atoms with Crippen molar-refractivity contribution >= 4 is 38.9 Å². The van der Waals surface area contributed by atoms with Crippen molar-refractivity contribution in [3.63, 3.8) is 0 Å². The number of sulfonamides is 1. The van der Waals surface area contributed by atoms with Gasteiger partial charge in [-0.15, -0.1) is 0 Å². The van der Waals surface area contributed by atoms with Crippen LogP contribution in [-0.4, -0.2) is 42.7 Å². The smallest absolute Gasteiger partial charge is 0.276 e. The number of nitrogens with zero attached hydrogens (tertiary/aromatic N) is 2. The van der Waals surface area contributed by atoms with Gasteiger partial charge in [0.05, 0.1) is 11.5 Å². The van der Waals surface area contributed by atoms with Gasteiger partial charge in [-0.05, 0) is 55.3 Å². The number of carbonyl (C=O) groups excluding carboxylic acids is 1. The second kappa shape index (κ2) is 10.5. The number of nitro benzene ring substituents is 1. The molecule has 0 atom stereocenters. The summed E-state index contributed by atoms with van der Waals surface area (Å²) in [5, 5.41) is 17.2. The van der Waals surface area contributed by atoms with Crippen LogP contribution in [0, 0.1) is 10.1 Å². The molecule has 0 spiro atoms. The van der Waals surface area contributed by atoms with Gasteiger partial charge in [-0.3, -0.25) is 14.9 Å². The monoisotopic (exact) mass is 518 g/mol. The molecule has 1 amide bonds. The molecule has 1 aliphatic heterocycles. The lowest BCUT2D eigenvalue weighted by atomic mass is 10.1. The van der Waals surface area contributed by atoms with Gasteiger partial charge in [0.15, 0.2) is 0 Å². The van der Waals surface area contributed by atoms with Crippen LogP contribution in [0.15, 0.2) is 70.2 Å². The van der Waals surface area contributed by atoms with Crippen molar-refractivity contribution < 1.29 is 22.6 Å². The number of carbonyl (C=O) groups is 1. The minimum Gasteiger partial charge on any atom is -0.446 e. The van der Waals surface area contributed by atoms with E-state index in [4.69, 9.17) is 16.0 Å². The molecule has 10 nitrogen and oxygen atoms in total. The Balaban J connectivity index is 1.31. The van der Waals surface area contributed by atoms with Crippen LogP contribution < -0.4 is 10.6 Å². The van der Waals surface area contributed by atoms with E-state index in [9.17, 15) is 23.3 Å². The molecule has 0 saturated carbocycles. The predicted molar refractivity (Wildman–Crippen MR) is 130 cm³/mol. The van der Waals surface area contributed by atoms with Crippen molar-refractivity contribution in [1.29, 1.82) is 0 Å². The number of benzene rings is 2. The van der Waals surface area contributed by atoms with Gasteiger partial charge in [0, 0.05) is 47.5 Å². The number of anilines is 1. The summed E-state index contributed by atoms with van der Waals surface area (Å²) in [7, 11) is -3.83. The van der Waals surface area contributed by atoms with E-state index in [1.54, 1.807) is 36.4 Å². The van der Waals surface area contributed by atoms with Crippen LogP contribution in [0.3, 0.4) is 0 Å². The Morgan fingerprint density at radius 3 is 2.51 bits per heavy atom. The van der Waals surface area contributed by atoms with Gasteiger partial charge in [-0.2, -0.15) is 4.31 Å². The maximum absolute atomic E-state index is 13.0. The highest BCUT2D eigenvalue weighted by Crippen LogP contribution is 2.25. The van der Waals surface area contributed by atoms with Crippen LogP contribution in [0.5, 0.6) is 0 Å². The normalized spacial score (nSPS) is 15.0. The zero-order valence-corrected chi connectivity index (χ0v) is 20.1. The fourth-order valence-electron chi connectivity index (χ4n) is 3.78. The fourth-order valence-corrected chi connectivity index (χ4v) is 5.30. The summed E-state index contributed by atoms with van der Waals surface area (Å²) >= 11 is 5.83. The average molecular weight is 519 g/mol. The van der Waals surface area contributed by atoms with Gasteiger partial charge >= 0.3 is 0 Å². The minimum absolute atomic E-state index is 0.00649. The lowest BCUT2D eigenvalue weighted by Gasteiger charge is -2.31. The van der Waals surface area contributed by atoms with Gasteiger partial charge in [-0.1, -0.05) is 17.7 Å². The largest absolute Gasteiger partial charge is 0.446 e. The van der Waals surface area contributed by atoms with E-state index < -0.39 is 14.9 Å². The highest BCUT2D eigenvalue weighted by Gasteiger charge is 2.31. The molecule has 2 heterocycles. The summed E-state index contributed by atoms with van der Waals surface area (Å²) in [6.45, 7) is 0.586. The van der Waals surface area contributed by atoms with Crippen molar-refractivity contribution in [3.05, 3.63) is 87.1 Å². The molecule has 1 saturated heterocycles. The molecule has 2 N–H and O–H groups in total. The first-order valence-electron chi connectivity index (χ1n) is 10.9. The fraction of sp³-hybridized carbons (Fsp3) is 0.261. The van der Waals surface area contributed by atoms with Crippen molar-refractivity contribution in [2.45, 2.75) is 30.5 Å². The van der Waals surface area contributed by atoms with Crippen LogP contribution in [-0.2, 0) is 16.6 Å². The molecule has 35 heavy (non-hydrogen) atoms. The third-order valence-electron chi connectivity index (χ3n) is 5.64. The van der Waals surface area contributed by atoms with Crippen LogP contribution >= 0.6 is 11.6 Å². The molecule has 3 aromatic rings. The maximum atomic E-state index is 13.0. The van der Waals surface area contributed by atoms with Gasteiger partial charge in [0.1, 0.15) is 5.76 Å². The zero-order chi connectivity index (χ0) is 25.0. The number of nitrogens with one attached hydrogen (secondary N) is 2. The molecule has 4 rings (SSSR count). The Labute approximate surface area is 207 Å². The van der Waals surface area contributed by atoms with Crippen LogP contribution in [0.4, 0.5) is 11.4 Å². The topological polar surface area (TPSA) is 135 Å². The number of non-ortho nitro benzene ring substituents is 1. The summed E-state index contributed by atoms with van der Waals surface area (Å²) in [5.41, 5.74) is 1.04. The number of halogens is 1. The SMILES string of the molecule is O=C(NCc1ccc(S(=O)(=O)N2CCC(Nc3cccc([N+](=O)[O-])c3)CC2)o1)c1ccc(Cl)cc1. The molecule has 0 radical (unpaired) electrons. The number of piperidine rings is 1. The summed E-state index contributed by atoms with van der Waals surface area (Å²) in [6, 6.07) is 15.5. The van der Waals surface area contributed by atoms with Gasteiger partial charge in [-0.25, -0.2) is 8.42 Å². The molecule has 0 bridgehead atoms. The Bertz CT molecular complexity index is 1320. The predicted octanol–water partition coefficient (Wildman–Crippen LogP) is 4.04. The molecule has 1 fully saturated rings. The second-order valence-electron chi connectivity index (χ2n) is 8.04. The Kier molecular flexibility index (Phi) is 7.39. The first-order chi connectivity index (χ1) is 16.7. The summed E-state index contributed by atoms with van der Waals surface area (Å²) < 4.78 is 32.9. The Morgan fingerprint density at radius 1 is 1.11 bits per heavy atom. The number of nitro groups is 1. The number of amides is 1. The number of hydrogen-bond donors (Lipinski definition) is 2. The molecule has 12 heteroatoms. The average Bonchev–Trinajstić information content (AvgIpc) is 3.34. The van der Waals surface area contributed by atoms with Gasteiger partial charge in [0.2, 0.25) is 5.09 Å². The van der Waals surface area contributed by atoms with E-state index in [1.165, 1.54) is 28.6 Å². The first-order valence-corrected chi connectivity index (χ1v) is 12.7. The third-order valence-corrected chi connectivity index (χ3v) is 7.67. The van der Waals surface area contributed by atoms with Crippen LogP contribution in [0.25, 0.3) is 0 Å². The number of hydrogen-bond acceptors (Lipinski definition) is 7. The van der Waals surface area contributed by atoms with E-state index in [0.717, 1.165) is 0 Å². The highest BCUT2D eigenvalue weighted by molar-refractivity contribution is 7.89. The van der Waals surface area contributed by atoms with Crippen molar-refractivity contribution in [3.8, 4) is 0 Å². The van der Waals surface area contributed by atoms with E-state index in [-0.39, 0.29) is 42.4 Å². The summed E-state index contributed by atoms with van der Waals surface area (Å²) in [5.74, 6) is -0.0195. The third kappa shape index (κ3) is 5.99. The maximum Gasteiger partial charge on any atom is 0.276 e. The Hall–Kier alpha value is -3.41. The molecule has 1 aliphatic rings. The molecular weight excluding hydrogens is 496 g/mol. The number of furan rings is 1. The van der Waals surface area contributed by atoms with Gasteiger partial charge < -0.3 is 15.1 Å². The first kappa shape index (κ1) is 24.7. The second-order valence-corrected chi connectivity index (χ2v) is 10.3. The molecule has 0 aliphatic carbocycles.